The molecule has 1 aliphatic heterocycles. The van der Waals surface area contributed by atoms with E-state index >= 15 is 0 Å². The molecular weight excluding hydrogens is 341 g/mol. The predicted octanol–water partition coefficient (Wildman–Crippen LogP) is 3.30. The number of anilines is 1. The number of carbonyl (C=O) groups is 1. The lowest BCUT2D eigenvalue weighted by Gasteiger charge is -2.13. The number of ether oxygens (including phenoxy) is 1. The van der Waals surface area contributed by atoms with Gasteiger partial charge in [0.25, 0.3) is 5.91 Å². The van der Waals surface area contributed by atoms with Crippen LogP contribution in [-0.2, 0) is 18.4 Å². The number of rotatable bonds is 5. The Kier molecular flexibility index (Phi) is 4.77. The molecular formula is C18H18NO5P. The number of nitrogens with one attached hydrogen (secondary N) is 1. The summed E-state index contributed by atoms with van der Waals surface area (Å²) in [7, 11) is 0.985. The van der Waals surface area contributed by atoms with Gasteiger partial charge in [0.15, 0.2) is 0 Å². The number of hydrogen-bond acceptors (Lipinski definition) is 5. The first-order valence-electron chi connectivity index (χ1n) is 7.54. The van der Waals surface area contributed by atoms with Crippen LogP contribution in [0, 0.1) is 0 Å². The summed E-state index contributed by atoms with van der Waals surface area (Å²) in [6.07, 6.45) is 1.78. The number of hydrogen-bond donors (Lipinski definition) is 1. The van der Waals surface area contributed by atoms with Gasteiger partial charge in [-0.25, -0.2) is 0 Å². The van der Waals surface area contributed by atoms with Gasteiger partial charge in [-0.3, -0.25) is 9.36 Å². The van der Waals surface area contributed by atoms with E-state index in [1.165, 1.54) is 14.2 Å². The van der Waals surface area contributed by atoms with E-state index in [0.717, 1.165) is 16.8 Å². The van der Waals surface area contributed by atoms with Gasteiger partial charge in [0, 0.05) is 31.4 Å². The number of benzene rings is 2. The molecule has 1 amide bonds. The number of methoxy groups -OCH3 is 1. The van der Waals surface area contributed by atoms with Gasteiger partial charge in [0.2, 0.25) is 0 Å². The van der Waals surface area contributed by atoms with Crippen LogP contribution in [0.3, 0.4) is 0 Å². The minimum absolute atomic E-state index is 0.174. The zero-order valence-electron chi connectivity index (χ0n) is 14.1. The molecule has 0 aliphatic carbocycles. The van der Waals surface area contributed by atoms with Crippen LogP contribution in [0.4, 0.5) is 5.69 Å². The monoisotopic (exact) mass is 359 g/mol. The summed E-state index contributed by atoms with van der Waals surface area (Å²) in [5.74, 6) is 0.506. The molecule has 0 atom stereocenters. The van der Waals surface area contributed by atoms with E-state index in [1.54, 1.807) is 43.5 Å². The lowest BCUT2D eigenvalue weighted by Crippen LogP contribution is -2.07. The molecule has 1 N–H and O–H groups in total. The van der Waals surface area contributed by atoms with Crippen LogP contribution in [0.1, 0.15) is 11.1 Å². The second-order valence-corrected chi connectivity index (χ2v) is 7.62. The summed E-state index contributed by atoms with van der Waals surface area (Å²) in [5, 5.41) is 3.28. The molecule has 2 aromatic carbocycles. The van der Waals surface area contributed by atoms with Crippen molar-refractivity contribution in [1.82, 2.24) is 0 Å². The molecule has 25 heavy (non-hydrogen) atoms. The van der Waals surface area contributed by atoms with Gasteiger partial charge in [-0.15, -0.1) is 0 Å². The van der Waals surface area contributed by atoms with Crippen molar-refractivity contribution >= 4 is 36.1 Å². The van der Waals surface area contributed by atoms with Gasteiger partial charge in [-0.05, 0) is 35.9 Å². The van der Waals surface area contributed by atoms with Gasteiger partial charge in [-0.2, -0.15) is 0 Å². The lowest BCUT2D eigenvalue weighted by molar-refractivity contribution is -0.110. The first-order chi connectivity index (χ1) is 12.0. The van der Waals surface area contributed by atoms with Gasteiger partial charge < -0.3 is 19.1 Å². The van der Waals surface area contributed by atoms with Crippen LogP contribution in [0.15, 0.2) is 42.5 Å². The van der Waals surface area contributed by atoms with Crippen molar-refractivity contribution < 1.29 is 23.1 Å². The maximum absolute atomic E-state index is 12.3. The van der Waals surface area contributed by atoms with E-state index in [9.17, 15) is 9.36 Å². The zero-order valence-corrected chi connectivity index (χ0v) is 15.0. The Bertz CT molecular complexity index is 881. The summed E-state index contributed by atoms with van der Waals surface area (Å²) >= 11 is 0. The van der Waals surface area contributed by atoms with E-state index in [-0.39, 0.29) is 5.91 Å². The average molecular weight is 359 g/mol. The standard InChI is InChI=1S/C18H18NO5P/c1-22-13-6-9-15-16(18(20)19-17(15)11-13)10-12-4-7-14(8-5-12)25(21,23-2)24-3/h4-11H,1-3H3,(H,19,20)/b16-10-. The van der Waals surface area contributed by atoms with Crippen molar-refractivity contribution in [1.29, 1.82) is 0 Å². The second kappa shape index (κ2) is 6.84. The van der Waals surface area contributed by atoms with Crippen molar-refractivity contribution in [2.24, 2.45) is 0 Å². The molecule has 0 aromatic heterocycles. The van der Waals surface area contributed by atoms with Crippen LogP contribution < -0.4 is 15.4 Å². The molecule has 0 radical (unpaired) electrons. The fourth-order valence-electron chi connectivity index (χ4n) is 2.65. The molecule has 0 unspecified atom stereocenters. The molecule has 0 fully saturated rings. The van der Waals surface area contributed by atoms with Gasteiger partial charge >= 0.3 is 7.60 Å². The summed E-state index contributed by atoms with van der Waals surface area (Å²) in [6, 6.07) is 12.3. The highest BCUT2D eigenvalue weighted by Gasteiger charge is 2.26. The Morgan fingerprint density at radius 3 is 2.28 bits per heavy atom. The van der Waals surface area contributed by atoms with Crippen molar-refractivity contribution in [3.63, 3.8) is 0 Å². The molecule has 1 aliphatic rings. The SMILES string of the molecule is COc1ccc2c(c1)NC(=O)/C2=C\c1ccc(P(=O)(OC)OC)cc1. The largest absolute Gasteiger partial charge is 0.497 e. The molecule has 0 bridgehead atoms. The summed E-state index contributed by atoms with van der Waals surface area (Å²) in [5.41, 5.74) is 2.90. The highest BCUT2D eigenvalue weighted by molar-refractivity contribution is 7.62. The molecule has 2 aromatic rings. The van der Waals surface area contributed by atoms with Gasteiger partial charge in [0.1, 0.15) is 5.75 Å². The maximum atomic E-state index is 12.3. The fraction of sp³-hybridized carbons (Fsp3) is 0.167. The Morgan fingerprint density at radius 1 is 1.00 bits per heavy atom. The number of carbonyl (C=O) groups excluding carboxylic acids is 1. The molecule has 6 nitrogen and oxygen atoms in total. The number of fused-ring (bicyclic) bond motifs is 1. The third-order valence-electron chi connectivity index (χ3n) is 4.01. The van der Waals surface area contributed by atoms with Crippen LogP contribution in [0.2, 0.25) is 0 Å². The molecule has 1 heterocycles. The van der Waals surface area contributed by atoms with E-state index in [2.05, 4.69) is 5.32 Å². The first-order valence-corrected chi connectivity index (χ1v) is 9.08. The lowest BCUT2D eigenvalue weighted by atomic mass is 10.0. The topological polar surface area (TPSA) is 73.9 Å². The molecule has 130 valence electrons. The van der Waals surface area contributed by atoms with E-state index in [1.807, 2.05) is 12.1 Å². The van der Waals surface area contributed by atoms with Crippen LogP contribution >= 0.6 is 7.60 Å². The average Bonchev–Trinajstić information content (AvgIpc) is 2.96. The second-order valence-electron chi connectivity index (χ2n) is 5.38. The quantitative estimate of drug-likeness (QED) is 0.655. The Morgan fingerprint density at radius 2 is 1.68 bits per heavy atom. The highest BCUT2D eigenvalue weighted by atomic mass is 31.2. The van der Waals surface area contributed by atoms with Crippen LogP contribution in [-0.4, -0.2) is 27.2 Å². The molecule has 7 heteroatoms. The zero-order chi connectivity index (χ0) is 18.0. The molecule has 0 saturated heterocycles. The van der Waals surface area contributed by atoms with Gasteiger partial charge in [-0.1, -0.05) is 12.1 Å². The summed E-state index contributed by atoms with van der Waals surface area (Å²) in [4.78, 5) is 12.2. The highest BCUT2D eigenvalue weighted by Crippen LogP contribution is 2.45. The third kappa shape index (κ3) is 3.24. The smallest absolute Gasteiger partial charge is 0.360 e. The Balaban J connectivity index is 1.94. The van der Waals surface area contributed by atoms with E-state index in [0.29, 0.717) is 16.6 Å². The summed E-state index contributed by atoms with van der Waals surface area (Å²) in [6.45, 7) is 0. The van der Waals surface area contributed by atoms with Crippen molar-refractivity contribution in [2.75, 3.05) is 26.6 Å². The predicted molar refractivity (Wildman–Crippen MR) is 97.2 cm³/mol. The van der Waals surface area contributed by atoms with Crippen molar-refractivity contribution in [3.05, 3.63) is 53.6 Å². The Labute approximate surface area is 145 Å². The molecule has 3 rings (SSSR count). The molecule has 0 spiro atoms. The van der Waals surface area contributed by atoms with Crippen LogP contribution in [0.25, 0.3) is 11.6 Å². The summed E-state index contributed by atoms with van der Waals surface area (Å²) < 4.78 is 27.5. The van der Waals surface area contributed by atoms with E-state index < -0.39 is 7.60 Å². The van der Waals surface area contributed by atoms with Crippen molar-refractivity contribution in [2.45, 2.75) is 0 Å². The Hall–Kier alpha value is -2.40. The van der Waals surface area contributed by atoms with E-state index in [4.69, 9.17) is 13.8 Å². The minimum Gasteiger partial charge on any atom is -0.497 e. The molecule has 0 saturated carbocycles. The first kappa shape index (κ1) is 17.4. The van der Waals surface area contributed by atoms with Crippen LogP contribution in [0.5, 0.6) is 5.75 Å². The normalized spacial score (nSPS) is 15.2. The number of amides is 1. The van der Waals surface area contributed by atoms with Gasteiger partial charge in [0.05, 0.1) is 18.1 Å². The third-order valence-corrected chi connectivity index (χ3v) is 5.90. The van der Waals surface area contributed by atoms with Crippen molar-refractivity contribution in [3.8, 4) is 5.75 Å². The fourth-order valence-corrected chi connectivity index (χ4v) is 3.73. The minimum atomic E-state index is -3.28. The maximum Gasteiger partial charge on any atom is 0.360 e.